The van der Waals surface area contributed by atoms with Gasteiger partial charge in [-0.05, 0) is 40.8 Å². The number of sulfonamides is 1. The van der Waals surface area contributed by atoms with Crippen LogP contribution in [0.1, 0.15) is 10.4 Å². The SMILES string of the molecule is O=C(O)c1cc(S(=O)(=O)NCC2CSCCS2)ccc1I. The molecule has 1 atom stereocenters. The maximum absolute atomic E-state index is 12.2. The van der Waals surface area contributed by atoms with E-state index in [4.69, 9.17) is 5.11 Å². The highest BCUT2D eigenvalue weighted by Crippen LogP contribution is 2.24. The fourth-order valence-corrected chi connectivity index (χ4v) is 6.17. The zero-order valence-corrected chi connectivity index (χ0v) is 15.5. The van der Waals surface area contributed by atoms with Crippen molar-refractivity contribution in [3.05, 3.63) is 27.3 Å². The normalized spacial score (nSPS) is 19.4. The second kappa shape index (κ2) is 7.53. The molecule has 5 nitrogen and oxygen atoms in total. The molecule has 1 fully saturated rings. The molecule has 1 aromatic rings. The minimum atomic E-state index is -3.67. The Balaban J connectivity index is 2.11. The molecule has 0 aromatic heterocycles. The van der Waals surface area contributed by atoms with Gasteiger partial charge in [-0.3, -0.25) is 0 Å². The Kier molecular flexibility index (Phi) is 6.24. The lowest BCUT2D eigenvalue weighted by Gasteiger charge is -2.21. The summed E-state index contributed by atoms with van der Waals surface area (Å²) in [5, 5.41) is 9.33. The lowest BCUT2D eigenvalue weighted by Crippen LogP contribution is -2.33. The molecule has 1 unspecified atom stereocenters. The van der Waals surface area contributed by atoms with Gasteiger partial charge in [0.05, 0.1) is 10.5 Å². The predicted octanol–water partition coefficient (Wildman–Crippen LogP) is 2.12. The van der Waals surface area contributed by atoms with Crippen LogP contribution in [0.15, 0.2) is 23.1 Å². The van der Waals surface area contributed by atoms with Crippen molar-refractivity contribution in [1.29, 1.82) is 0 Å². The number of carboxylic acid groups (broad SMARTS) is 1. The number of thioether (sulfide) groups is 2. The molecule has 0 radical (unpaired) electrons. The molecule has 1 saturated heterocycles. The van der Waals surface area contributed by atoms with E-state index in [1.54, 1.807) is 11.8 Å². The molecule has 2 rings (SSSR count). The van der Waals surface area contributed by atoms with E-state index in [-0.39, 0.29) is 15.7 Å². The first-order valence-corrected chi connectivity index (χ1v) is 10.9. The minimum Gasteiger partial charge on any atom is -0.478 e. The van der Waals surface area contributed by atoms with E-state index < -0.39 is 16.0 Å². The van der Waals surface area contributed by atoms with E-state index in [0.717, 1.165) is 17.3 Å². The van der Waals surface area contributed by atoms with E-state index in [2.05, 4.69) is 4.72 Å². The van der Waals surface area contributed by atoms with Crippen LogP contribution in [0.5, 0.6) is 0 Å². The molecule has 0 spiro atoms. The standard InChI is InChI=1S/C12H14INO4S3/c13-11-2-1-9(5-10(11)12(15)16)21(17,18)14-6-8-7-19-3-4-20-8/h1-2,5,8,14H,3-4,6-7H2,(H,15,16). The Morgan fingerprint density at radius 2 is 2.19 bits per heavy atom. The third-order valence-electron chi connectivity index (χ3n) is 2.86. The summed E-state index contributed by atoms with van der Waals surface area (Å²) in [6, 6.07) is 4.14. The molecule has 1 heterocycles. The van der Waals surface area contributed by atoms with Crippen LogP contribution in [-0.4, -0.2) is 48.5 Å². The van der Waals surface area contributed by atoms with Gasteiger partial charge in [-0.25, -0.2) is 17.9 Å². The highest BCUT2D eigenvalue weighted by molar-refractivity contribution is 14.1. The van der Waals surface area contributed by atoms with Crippen molar-refractivity contribution in [2.24, 2.45) is 0 Å². The number of aromatic carboxylic acids is 1. The van der Waals surface area contributed by atoms with Gasteiger partial charge in [0.25, 0.3) is 0 Å². The molecule has 9 heteroatoms. The van der Waals surface area contributed by atoms with Crippen LogP contribution >= 0.6 is 46.1 Å². The van der Waals surface area contributed by atoms with E-state index >= 15 is 0 Å². The van der Waals surface area contributed by atoms with Crippen LogP contribution in [-0.2, 0) is 10.0 Å². The molecular weight excluding hydrogens is 445 g/mol. The van der Waals surface area contributed by atoms with Crippen LogP contribution in [0.4, 0.5) is 0 Å². The average molecular weight is 459 g/mol. The lowest BCUT2D eigenvalue weighted by atomic mass is 10.2. The molecule has 21 heavy (non-hydrogen) atoms. The van der Waals surface area contributed by atoms with Gasteiger partial charge in [0, 0.05) is 32.6 Å². The Morgan fingerprint density at radius 3 is 2.81 bits per heavy atom. The number of rotatable bonds is 5. The number of carbonyl (C=O) groups is 1. The molecule has 116 valence electrons. The van der Waals surface area contributed by atoms with Crippen molar-refractivity contribution >= 4 is 62.1 Å². The van der Waals surface area contributed by atoms with Gasteiger partial charge in [0.15, 0.2) is 0 Å². The van der Waals surface area contributed by atoms with E-state index in [1.807, 2.05) is 34.4 Å². The summed E-state index contributed by atoms with van der Waals surface area (Å²) in [7, 11) is -3.67. The van der Waals surface area contributed by atoms with Gasteiger partial charge >= 0.3 is 5.97 Å². The summed E-state index contributed by atoms with van der Waals surface area (Å²) in [5.41, 5.74) is 0.000993. The van der Waals surface area contributed by atoms with Crippen molar-refractivity contribution in [3.8, 4) is 0 Å². The second-order valence-corrected chi connectivity index (χ2v) is 9.85. The summed E-state index contributed by atoms with van der Waals surface area (Å²) in [6.07, 6.45) is 0. The fourth-order valence-electron chi connectivity index (χ4n) is 1.78. The smallest absolute Gasteiger partial charge is 0.336 e. The topological polar surface area (TPSA) is 83.5 Å². The number of halogens is 1. The van der Waals surface area contributed by atoms with E-state index in [1.165, 1.54) is 18.2 Å². The number of carboxylic acids is 1. The third-order valence-corrected chi connectivity index (χ3v) is 8.07. The summed E-state index contributed by atoms with van der Waals surface area (Å²) >= 11 is 5.46. The minimum absolute atomic E-state index is 0.000993. The van der Waals surface area contributed by atoms with Crippen LogP contribution < -0.4 is 4.72 Å². The van der Waals surface area contributed by atoms with Gasteiger partial charge in [-0.1, -0.05) is 0 Å². The maximum Gasteiger partial charge on any atom is 0.336 e. The first-order chi connectivity index (χ1) is 9.90. The van der Waals surface area contributed by atoms with Crippen molar-refractivity contribution < 1.29 is 18.3 Å². The molecular formula is C12H14INO4S3. The molecule has 1 aromatic carbocycles. The molecule has 1 aliphatic rings. The van der Waals surface area contributed by atoms with Crippen molar-refractivity contribution in [3.63, 3.8) is 0 Å². The van der Waals surface area contributed by atoms with Gasteiger partial charge in [0.1, 0.15) is 0 Å². The Hall–Kier alpha value is 0.0300. The van der Waals surface area contributed by atoms with Gasteiger partial charge in [-0.15, -0.1) is 0 Å². The molecule has 2 N–H and O–H groups in total. The molecule has 0 amide bonds. The van der Waals surface area contributed by atoms with Crippen LogP contribution in [0.3, 0.4) is 0 Å². The summed E-state index contributed by atoms with van der Waals surface area (Å²) in [5.74, 6) is 1.94. The first kappa shape index (κ1) is 17.4. The van der Waals surface area contributed by atoms with E-state index in [0.29, 0.717) is 10.1 Å². The molecule has 0 bridgehead atoms. The van der Waals surface area contributed by atoms with Crippen molar-refractivity contribution in [1.82, 2.24) is 4.72 Å². The van der Waals surface area contributed by atoms with E-state index in [9.17, 15) is 13.2 Å². The zero-order valence-electron chi connectivity index (χ0n) is 10.9. The Labute approximate surface area is 145 Å². The number of hydrogen-bond acceptors (Lipinski definition) is 5. The third kappa shape index (κ3) is 4.75. The molecule has 0 aliphatic carbocycles. The second-order valence-electron chi connectivity index (χ2n) is 4.37. The largest absolute Gasteiger partial charge is 0.478 e. The summed E-state index contributed by atoms with van der Waals surface area (Å²) < 4.78 is 27.6. The van der Waals surface area contributed by atoms with Crippen LogP contribution in [0, 0.1) is 3.57 Å². The monoisotopic (exact) mass is 459 g/mol. The Bertz CT molecular complexity index is 629. The highest BCUT2D eigenvalue weighted by atomic mass is 127. The maximum atomic E-state index is 12.2. The Morgan fingerprint density at radius 1 is 1.43 bits per heavy atom. The van der Waals surface area contributed by atoms with Gasteiger partial charge in [0.2, 0.25) is 10.0 Å². The summed E-state index contributed by atoms with van der Waals surface area (Å²) in [6.45, 7) is 0.369. The highest BCUT2D eigenvalue weighted by Gasteiger charge is 2.21. The number of benzene rings is 1. The van der Waals surface area contributed by atoms with Gasteiger partial charge < -0.3 is 5.11 Å². The number of nitrogens with one attached hydrogen (secondary N) is 1. The van der Waals surface area contributed by atoms with Crippen LogP contribution in [0.2, 0.25) is 0 Å². The van der Waals surface area contributed by atoms with Crippen LogP contribution in [0.25, 0.3) is 0 Å². The quantitative estimate of drug-likeness (QED) is 0.657. The fraction of sp³-hybridized carbons (Fsp3) is 0.417. The van der Waals surface area contributed by atoms with Crippen molar-refractivity contribution in [2.75, 3.05) is 23.8 Å². The molecule has 1 aliphatic heterocycles. The molecule has 0 saturated carbocycles. The summed E-state index contributed by atoms with van der Waals surface area (Å²) in [4.78, 5) is 11.1. The zero-order chi connectivity index (χ0) is 15.5. The number of hydrogen-bond donors (Lipinski definition) is 2. The lowest BCUT2D eigenvalue weighted by molar-refractivity contribution is 0.0695. The average Bonchev–Trinajstić information content (AvgIpc) is 2.46. The van der Waals surface area contributed by atoms with Gasteiger partial charge in [-0.2, -0.15) is 23.5 Å². The van der Waals surface area contributed by atoms with Crippen molar-refractivity contribution in [2.45, 2.75) is 10.1 Å². The first-order valence-electron chi connectivity index (χ1n) is 6.12. The predicted molar refractivity (Wildman–Crippen MR) is 94.9 cm³/mol.